The van der Waals surface area contributed by atoms with Crippen LogP contribution in [0.1, 0.15) is 21.6 Å². The minimum absolute atomic E-state index is 0.108. The predicted octanol–water partition coefficient (Wildman–Crippen LogP) is 3.06. The smallest absolute Gasteiger partial charge is 0.434 e. The maximum atomic E-state index is 12.9. The number of amides is 1. The van der Waals surface area contributed by atoms with Gasteiger partial charge in [0.05, 0.1) is 12.7 Å². The first-order valence-corrected chi connectivity index (χ1v) is 6.17. The first kappa shape index (κ1) is 15.7. The molecule has 0 saturated carbocycles. The zero-order valence-electron chi connectivity index (χ0n) is 11.7. The van der Waals surface area contributed by atoms with Crippen LogP contribution in [0, 0.1) is 6.92 Å². The van der Waals surface area contributed by atoms with Crippen LogP contribution < -0.4 is 10.1 Å². The Morgan fingerprint density at radius 2 is 2.05 bits per heavy atom. The number of hydrogen-bond donors (Lipinski definition) is 1. The summed E-state index contributed by atoms with van der Waals surface area (Å²) in [7, 11) is 1.35. The average molecular weight is 311 g/mol. The first-order valence-electron chi connectivity index (χ1n) is 6.17. The predicted molar refractivity (Wildman–Crippen MR) is 72.7 cm³/mol. The van der Waals surface area contributed by atoms with Gasteiger partial charge in [0, 0.05) is 12.4 Å². The molecule has 0 aliphatic carbocycles. The Labute approximate surface area is 124 Å². The van der Waals surface area contributed by atoms with E-state index in [9.17, 15) is 18.0 Å². The van der Waals surface area contributed by atoms with Crippen molar-refractivity contribution in [3.8, 4) is 5.88 Å². The van der Waals surface area contributed by atoms with Crippen LogP contribution in [-0.2, 0) is 6.18 Å². The van der Waals surface area contributed by atoms with Gasteiger partial charge in [-0.1, -0.05) is 0 Å². The topological polar surface area (TPSA) is 64.1 Å². The molecule has 2 aromatic rings. The Kier molecular flexibility index (Phi) is 4.30. The van der Waals surface area contributed by atoms with E-state index >= 15 is 0 Å². The van der Waals surface area contributed by atoms with Gasteiger partial charge in [0.25, 0.3) is 5.91 Å². The van der Waals surface area contributed by atoms with Gasteiger partial charge in [0.15, 0.2) is 5.69 Å². The highest BCUT2D eigenvalue weighted by Gasteiger charge is 2.37. The number of carbonyl (C=O) groups excluding carboxylic acids is 1. The molecule has 0 aromatic carbocycles. The Morgan fingerprint density at radius 3 is 2.68 bits per heavy atom. The molecule has 116 valence electrons. The molecule has 2 heterocycles. The lowest BCUT2D eigenvalue weighted by Gasteiger charge is -2.13. The fourth-order valence-electron chi connectivity index (χ4n) is 1.81. The van der Waals surface area contributed by atoms with E-state index in [1.165, 1.54) is 19.4 Å². The molecule has 0 unspecified atom stereocenters. The highest BCUT2D eigenvalue weighted by molar-refractivity contribution is 6.05. The van der Waals surface area contributed by atoms with Crippen molar-refractivity contribution in [2.75, 3.05) is 12.4 Å². The number of anilines is 1. The summed E-state index contributed by atoms with van der Waals surface area (Å²) in [6, 6.07) is 3.87. The summed E-state index contributed by atoms with van der Waals surface area (Å²) >= 11 is 0. The van der Waals surface area contributed by atoms with Gasteiger partial charge in [0.1, 0.15) is 5.69 Å². The van der Waals surface area contributed by atoms with Gasteiger partial charge in [-0.2, -0.15) is 13.2 Å². The summed E-state index contributed by atoms with van der Waals surface area (Å²) in [5.74, 6) is -0.831. The molecule has 0 radical (unpaired) electrons. The van der Waals surface area contributed by atoms with Gasteiger partial charge in [-0.05, 0) is 30.7 Å². The summed E-state index contributed by atoms with van der Waals surface area (Å²) in [6.07, 6.45) is -2.23. The van der Waals surface area contributed by atoms with Crippen molar-refractivity contribution in [3.63, 3.8) is 0 Å². The molecule has 0 bridgehead atoms. The van der Waals surface area contributed by atoms with E-state index in [1.807, 2.05) is 0 Å². The Balaban J connectivity index is 2.37. The molecular weight excluding hydrogens is 299 g/mol. The van der Waals surface area contributed by atoms with Crippen molar-refractivity contribution in [1.82, 2.24) is 9.97 Å². The van der Waals surface area contributed by atoms with Crippen LogP contribution in [0.3, 0.4) is 0 Å². The normalized spacial score (nSPS) is 11.1. The molecule has 2 rings (SSSR count). The van der Waals surface area contributed by atoms with E-state index in [2.05, 4.69) is 15.3 Å². The van der Waals surface area contributed by atoms with E-state index in [1.54, 1.807) is 13.0 Å². The van der Waals surface area contributed by atoms with E-state index in [0.29, 0.717) is 0 Å². The molecule has 1 amide bonds. The lowest BCUT2D eigenvalue weighted by Crippen LogP contribution is -2.20. The Hall–Kier alpha value is -2.64. The third-order valence-corrected chi connectivity index (χ3v) is 2.75. The zero-order valence-corrected chi connectivity index (χ0v) is 11.7. The van der Waals surface area contributed by atoms with Gasteiger partial charge >= 0.3 is 6.18 Å². The number of hydrogen-bond acceptors (Lipinski definition) is 4. The van der Waals surface area contributed by atoms with Crippen molar-refractivity contribution in [2.45, 2.75) is 13.1 Å². The van der Waals surface area contributed by atoms with Crippen LogP contribution in [0.4, 0.5) is 18.9 Å². The number of nitrogens with one attached hydrogen (secondary N) is 1. The number of nitrogens with zero attached hydrogens (tertiary/aromatic N) is 2. The third kappa shape index (κ3) is 3.33. The largest absolute Gasteiger partial charge is 0.480 e. The number of carbonyl (C=O) groups is 1. The summed E-state index contributed by atoms with van der Waals surface area (Å²) in [4.78, 5) is 19.3. The number of methoxy groups -OCH3 is 1. The molecule has 0 fully saturated rings. The minimum atomic E-state index is -4.72. The number of rotatable bonds is 3. The van der Waals surface area contributed by atoms with Crippen molar-refractivity contribution in [2.24, 2.45) is 0 Å². The molecule has 0 aliphatic rings. The molecule has 0 spiro atoms. The number of aromatic nitrogens is 2. The number of aryl methyl sites for hydroxylation is 1. The molecule has 0 saturated heterocycles. The molecule has 0 atom stereocenters. The molecule has 5 nitrogen and oxygen atoms in total. The fraction of sp³-hybridized carbons (Fsp3) is 0.214. The molecule has 2 aromatic heterocycles. The van der Waals surface area contributed by atoms with Crippen LogP contribution in [0.5, 0.6) is 5.88 Å². The first-order chi connectivity index (χ1) is 10.3. The maximum absolute atomic E-state index is 12.9. The van der Waals surface area contributed by atoms with E-state index < -0.39 is 23.3 Å². The van der Waals surface area contributed by atoms with Crippen molar-refractivity contribution < 1.29 is 22.7 Å². The van der Waals surface area contributed by atoms with Crippen LogP contribution in [0.2, 0.25) is 0 Å². The van der Waals surface area contributed by atoms with Crippen LogP contribution in [0.15, 0.2) is 30.6 Å². The number of ether oxygens (including phenoxy) is 1. The number of alkyl halides is 3. The molecule has 8 heteroatoms. The Bertz CT molecular complexity index is 702. The number of pyridine rings is 2. The quantitative estimate of drug-likeness (QED) is 0.946. The van der Waals surface area contributed by atoms with Gasteiger partial charge in [0.2, 0.25) is 5.88 Å². The summed E-state index contributed by atoms with van der Waals surface area (Å²) in [6.45, 7) is 1.73. The van der Waals surface area contributed by atoms with E-state index in [4.69, 9.17) is 4.74 Å². The SMILES string of the molecule is COc1ncc(C)cc1NC(=O)c1cccnc1C(F)(F)F. The molecule has 1 N–H and O–H groups in total. The number of halogens is 3. The van der Waals surface area contributed by atoms with Gasteiger partial charge in [-0.15, -0.1) is 0 Å². The summed E-state index contributed by atoms with van der Waals surface area (Å²) in [5, 5.41) is 2.36. The zero-order chi connectivity index (χ0) is 16.3. The second-order valence-electron chi connectivity index (χ2n) is 4.42. The fourth-order valence-corrected chi connectivity index (χ4v) is 1.81. The van der Waals surface area contributed by atoms with Crippen molar-refractivity contribution in [1.29, 1.82) is 0 Å². The minimum Gasteiger partial charge on any atom is -0.480 e. The third-order valence-electron chi connectivity index (χ3n) is 2.75. The van der Waals surface area contributed by atoms with E-state index in [0.717, 1.165) is 17.8 Å². The van der Waals surface area contributed by atoms with Gasteiger partial charge in [-0.25, -0.2) is 4.98 Å². The highest BCUT2D eigenvalue weighted by atomic mass is 19.4. The van der Waals surface area contributed by atoms with Crippen LogP contribution in [0.25, 0.3) is 0 Å². The van der Waals surface area contributed by atoms with Crippen molar-refractivity contribution in [3.05, 3.63) is 47.4 Å². The highest BCUT2D eigenvalue weighted by Crippen LogP contribution is 2.31. The van der Waals surface area contributed by atoms with Crippen molar-refractivity contribution >= 4 is 11.6 Å². The second-order valence-corrected chi connectivity index (χ2v) is 4.42. The monoisotopic (exact) mass is 311 g/mol. The van der Waals surface area contributed by atoms with Crippen LogP contribution >= 0.6 is 0 Å². The molecule has 0 aliphatic heterocycles. The van der Waals surface area contributed by atoms with Gasteiger partial charge in [-0.3, -0.25) is 9.78 Å². The van der Waals surface area contributed by atoms with E-state index in [-0.39, 0.29) is 11.6 Å². The lowest BCUT2D eigenvalue weighted by molar-refractivity contribution is -0.141. The molecular formula is C14H12F3N3O2. The maximum Gasteiger partial charge on any atom is 0.434 e. The summed E-state index contributed by atoms with van der Waals surface area (Å²) < 4.78 is 43.6. The lowest BCUT2D eigenvalue weighted by atomic mass is 10.1. The second kappa shape index (κ2) is 6.00. The molecule has 22 heavy (non-hydrogen) atoms. The average Bonchev–Trinajstić information content (AvgIpc) is 2.46. The van der Waals surface area contributed by atoms with Gasteiger partial charge < -0.3 is 10.1 Å². The Morgan fingerprint density at radius 1 is 1.32 bits per heavy atom. The summed E-state index contributed by atoms with van der Waals surface area (Å²) in [5.41, 5.74) is -0.909. The standard InChI is InChI=1S/C14H12F3N3O2/c1-8-6-10(13(22-2)19-7-8)20-12(21)9-4-3-5-18-11(9)14(15,16)17/h3-7H,1-2H3,(H,20,21). The van der Waals surface area contributed by atoms with Crippen LogP contribution in [-0.4, -0.2) is 23.0 Å².